The first-order chi connectivity index (χ1) is 12.0. The molecule has 0 radical (unpaired) electrons. The Balaban J connectivity index is 1.63. The first-order valence-electron chi connectivity index (χ1n) is 8.97. The summed E-state index contributed by atoms with van der Waals surface area (Å²) in [5.41, 5.74) is 0.599. The number of hydrogen-bond acceptors (Lipinski definition) is 3. The van der Waals surface area contributed by atoms with Crippen LogP contribution in [0.2, 0.25) is 5.02 Å². The van der Waals surface area contributed by atoms with Gasteiger partial charge in [-0.3, -0.25) is 4.79 Å². The van der Waals surface area contributed by atoms with Gasteiger partial charge in [-0.05, 0) is 37.3 Å². The fraction of sp³-hybridized carbons (Fsp3) is 0.611. The number of amides is 1. The zero-order valence-electron chi connectivity index (χ0n) is 14.3. The molecule has 0 spiro atoms. The van der Waals surface area contributed by atoms with Gasteiger partial charge in [0.1, 0.15) is 0 Å². The van der Waals surface area contributed by atoms with Crippen LogP contribution in [0.3, 0.4) is 0 Å². The van der Waals surface area contributed by atoms with Gasteiger partial charge in [-0.2, -0.15) is 0 Å². The van der Waals surface area contributed by atoms with Crippen molar-refractivity contribution in [2.24, 2.45) is 5.92 Å². The van der Waals surface area contributed by atoms with Gasteiger partial charge < -0.3 is 5.32 Å². The molecular formula is C18H25ClN2O3S. The number of nitrogens with one attached hydrogen (secondary N) is 1. The molecule has 1 heterocycles. The Labute approximate surface area is 154 Å². The molecular weight excluding hydrogens is 360 g/mol. The molecule has 1 amide bonds. The smallest absolute Gasteiger partial charge is 0.224 e. The van der Waals surface area contributed by atoms with Crippen molar-refractivity contribution in [2.45, 2.75) is 50.3 Å². The summed E-state index contributed by atoms with van der Waals surface area (Å²) in [5, 5.41) is 3.55. The van der Waals surface area contributed by atoms with Gasteiger partial charge in [-0.15, -0.1) is 0 Å². The van der Waals surface area contributed by atoms with Crippen molar-refractivity contribution in [3.8, 4) is 0 Å². The van der Waals surface area contributed by atoms with Crippen LogP contribution < -0.4 is 5.32 Å². The minimum absolute atomic E-state index is 0.00421. The molecule has 5 nitrogen and oxygen atoms in total. The average Bonchev–Trinajstić information content (AvgIpc) is 3.10. The number of hydrogen-bond donors (Lipinski definition) is 1. The minimum Gasteiger partial charge on any atom is -0.353 e. The topological polar surface area (TPSA) is 66.5 Å². The Kier molecular flexibility index (Phi) is 6.02. The van der Waals surface area contributed by atoms with Crippen LogP contribution in [-0.2, 0) is 20.6 Å². The molecule has 0 unspecified atom stereocenters. The molecule has 0 aromatic heterocycles. The molecule has 3 rings (SSSR count). The number of benzene rings is 1. The lowest BCUT2D eigenvalue weighted by Crippen LogP contribution is -2.47. The van der Waals surface area contributed by atoms with Crippen LogP contribution in [0.4, 0.5) is 0 Å². The number of rotatable bonds is 5. The first-order valence-corrected chi connectivity index (χ1v) is 11.0. The largest absolute Gasteiger partial charge is 0.353 e. The highest BCUT2D eigenvalue weighted by Crippen LogP contribution is 2.25. The van der Waals surface area contributed by atoms with Crippen LogP contribution in [0.15, 0.2) is 24.3 Å². The van der Waals surface area contributed by atoms with Crippen LogP contribution in [-0.4, -0.2) is 37.8 Å². The van der Waals surface area contributed by atoms with Gasteiger partial charge in [0.05, 0.1) is 11.7 Å². The van der Waals surface area contributed by atoms with Crippen LogP contribution in [0.1, 0.15) is 44.1 Å². The lowest BCUT2D eigenvalue weighted by atomic mass is 9.98. The number of piperidine rings is 1. The van der Waals surface area contributed by atoms with Crippen molar-refractivity contribution < 1.29 is 13.2 Å². The van der Waals surface area contributed by atoms with E-state index in [1.165, 1.54) is 4.31 Å². The van der Waals surface area contributed by atoms with E-state index in [1.807, 2.05) is 0 Å². The van der Waals surface area contributed by atoms with E-state index in [9.17, 15) is 13.2 Å². The van der Waals surface area contributed by atoms with Crippen molar-refractivity contribution in [1.82, 2.24) is 9.62 Å². The van der Waals surface area contributed by atoms with E-state index in [-0.39, 0.29) is 30.2 Å². The van der Waals surface area contributed by atoms with E-state index in [1.54, 1.807) is 24.3 Å². The second-order valence-electron chi connectivity index (χ2n) is 7.03. The number of sulfonamides is 1. The highest BCUT2D eigenvalue weighted by atomic mass is 35.5. The van der Waals surface area contributed by atoms with Crippen molar-refractivity contribution in [3.63, 3.8) is 0 Å². The molecule has 1 atom stereocenters. The molecule has 25 heavy (non-hydrogen) atoms. The normalized spacial score (nSPS) is 22.8. The van der Waals surface area contributed by atoms with Gasteiger partial charge in [0.15, 0.2) is 0 Å². The fourth-order valence-electron chi connectivity index (χ4n) is 3.70. The Morgan fingerprint density at radius 2 is 1.88 bits per heavy atom. The van der Waals surface area contributed by atoms with Gasteiger partial charge >= 0.3 is 0 Å². The maximum atomic E-state index is 12.8. The Morgan fingerprint density at radius 1 is 1.16 bits per heavy atom. The fourth-order valence-corrected chi connectivity index (χ4v) is 5.62. The van der Waals surface area contributed by atoms with E-state index >= 15 is 0 Å². The molecule has 1 saturated carbocycles. The summed E-state index contributed by atoms with van der Waals surface area (Å²) in [6, 6.07) is 7.25. The summed E-state index contributed by atoms with van der Waals surface area (Å²) >= 11 is 6.10. The Morgan fingerprint density at radius 3 is 2.60 bits per heavy atom. The van der Waals surface area contributed by atoms with E-state index in [4.69, 9.17) is 11.6 Å². The van der Waals surface area contributed by atoms with Crippen LogP contribution >= 0.6 is 11.6 Å². The van der Waals surface area contributed by atoms with E-state index in [0.29, 0.717) is 23.6 Å². The monoisotopic (exact) mass is 384 g/mol. The number of halogens is 1. The lowest BCUT2D eigenvalue weighted by molar-refractivity contribution is -0.126. The summed E-state index contributed by atoms with van der Waals surface area (Å²) in [7, 11) is -3.48. The zero-order valence-corrected chi connectivity index (χ0v) is 15.9. The number of carbonyl (C=O) groups excluding carboxylic acids is 1. The molecule has 1 aromatic carbocycles. The molecule has 1 aromatic rings. The second kappa shape index (κ2) is 8.06. The van der Waals surface area contributed by atoms with Gasteiger partial charge in [0.2, 0.25) is 15.9 Å². The van der Waals surface area contributed by atoms with Crippen LogP contribution in [0, 0.1) is 5.92 Å². The minimum atomic E-state index is -3.48. The summed E-state index contributed by atoms with van der Waals surface area (Å²) in [6.07, 6.45) is 5.85. The van der Waals surface area contributed by atoms with Gasteiger partial charge in [-0.1, -0.05) is 42.6 Å². The van der Waals surface area contributed by atoms with Crippen molar-refractivity contribution in [3.05, 3.63) is 34.9 Å². The SMILES string of the molecule is O=C(NC1CCCC1)[C@H]1CCCN(S(=O)(=O)Cc2ccccc2Cl)C1. The molecule has 7 heteroatoms. The quantitative estimate of drug-likeness (QED) is 0.848. The van der Waals surface area contributed by atoms with Gasteiger partial charge in [0.25, 0.3) is 0 Å². The third-order valence-electron chi connectivity index (χ3n) is 5.15. The maximum absolute atomic E-state index is 12.8. The van der Waals surface area contributed by atoms with E-state index in [2.05, 4.69) is 5.32 Å². The predicted octanol–water partition coefficient (Wildman–Crippen LogP) is 2.94. The standard InChI is InChI=1S/C18H25ClN2O3S/c19-17-10-4-1-6-15(17)13-25(23,24)21-11-5-7-14(12-21)18(22)20-16-8-2-3-9-16/h1,4,6,10,14,16H,2-3,5,7-9,11-13H2,(H,20,22)/t14-/m0/s1. The van der Waals surface area contributed by atoms with Crippen LogP contribution in [0.5, 0.6) is 0 Å². The third-order valence-corrected chi connectivity index (χ3v) is 7.31. The molecule has 1 aliphatic carbocycles. The molecule has 138 valence electrons. The molecule has 1 aliphatic heterocycles. The highest BCUT2D eigenvalue weighted by molar-refractivity contribution is 7.88. The molecule has 2 aliphatic rings. The molecule has 1 N–H and O–H groups in total. The summed E-state index contributed by atoms with van der Waals surface area (Å²) in [5.74, 6) is -0.371. The second-order valence-corrected chi connectivity index (χ2v) is 9.41. The molecule has 1 saturated heterocycles. The Hall–Kier alpha value is -1.11. The van der Waals surface area contributed by atoms with Crippen molar-refractivity contribution in [1.29, 1.82) is 0 Å². The number of nitrogens with zero attached hydrogens (tertiary/aromatic N) is 1. The van der Waals surface area contributed by atoms with E-state index in [0.717, 1.165) is 32.1 Å². The van der Waals surface area contributed by atoms with Gasteiger partial charge in [-0.25, -0.2) is 12.7 Å². The van der Waals surface area contributed by atoms with Crippen molar-refractivity contribution >= 4 is 27.5 Å². The van der Waals surface area contributed by atoms with E-state index < -0.39 is 10.0 Å². The Bertz CT molecular complexity index is 717. The van der Waals surface area contributed by atoms with Crippen LogP contribution in [0.25, 0.3) is 0 Å². The number of carbonyl (C=O) groups is 1. The molecule has 0 bridgehead atoms. The molecule has 2 fully saturated rings. The van der Waals surface area contributed by atoms with Gasteiger partial charge in [0, 0.05) is 24.2 Å². The predicted molar refractivity (Wildman–Crippen MR) is 98.8 cm³/mol. The maximum Gasteiger partial charge on any atom is 0.224 e. The highest BCUT2D eigenvalue weighted by Gasteiger charge is 2.33. The zero-order chi connectivity index (χ0) is 17.9. The summed E-state index contributed by atoms with van der Waals surface area (Å²) in [4.78, 5) is 12.5. The lowest BCUT2D eigenvalue weighted by Gasteiger charge is -2.32. The first kappa shape index (κ1) is 18.7. The average molecular weight is 385 g/mol. The summed E-state index contributed by atoms with van der Waals surface area (Å²) in [6.45, 7) is 0.741. The third kappa shape index (κ3) is 4.74. The van der Waals surface area contributed by atoms with Crippen molar-refractivity contribution in [2.75, 3.05) is 13.1 Å². The summed E-state index contributed by atoms with van der Waals surface area (Å²) < 4.78 is 27.0.